The molecule has 1 rings (SSSR count). The van der Waals surface area contributed by atoms with Gasteiger partial charge in [0.1, 0.15) is 0 Å². The van der Waals surface area contributed by atoms with Crippen LogP contribution in [0.4, 0.5) is 0 Å². The van der Waals surface area contributed by atoms with E-state index in [9.17, 15) is 5.11 Å². The highest BCUT2D eigenvalue weighted by Crippen LogP contribution is 2.19. The van der Waals surface area contributed by atoms with Crippen LogP contribution in [0.1, 0.15) is 31.2 Å². The van der Waals surface area contributed by atoms with Crippen LogP contribution in [0.3, 0.4) is 0 Å². The van der Waals surface area contributed by atoms with E-state index >= 15 is 0 Å². The number of nitrogens with zero attached hydrogens (tertiary/aromatic N) is 6. The molecule has 0 atom stereocenters. The first-order chi connectivity index (χ1) is 11.7. The molecule has 7 nitrogen and oxygen atoms in total. The van der Waals surface area contributed by atoms with Crippen molar-refractivity contribution in [1.29, 1.82) is 0 Å². The van der Waals surface area contributed by atoms with Gasteiger partial charge in [0, 0.05) is 41.3 Å². The molecule has 0 saturated heterocycles. The Bertz CT molecular complexity index is 683. The second-order valence-electron chi connectivity index (χ2n) is 4.80. The van der Waals surface area contributed by atoms with Crippen LogP contribution in [0.5, 0.6) is 0 Å². The molecule has 0 unspecified atom stereocenters. The fraction of sp³-hybridized carbons (Fsp3) is 0.412. The molecule has 0 radical (unpaired) electrons. The van der Waals surface area contributed by atoms with Crippen LogP contribution in [0.2, 0.25) is 0 Å². The summed E-state index contributed by atoms with van der Waals surface area (Å²) in [5.74, 6) is 11.4. The molecular weight excluding hydrogens is 304 g/mol. The molecule has 0 amide bonds. The second-order valence-corrected chi connectivity index (χ2v) is 4.80. The average molecular weight is 322 g/mol. The molecule has 0 aromatic heterocycles. The number of aliphatic hydroxyl groups is 1. The number of hydrogen-bond donors (Lipinski definition) is 1. The van der Waals surface area contributed by atoms with E-state index in [1.54, 1.807) is 12.1 Å². The number of azide groups is 2. The van der Waals surface area contributed by atoms with Gasteiger partial charge in [-0.05, 0) is 35.7 Å². The fourth-order valence-corrected chi connectivity index (χ4v) is 1.80. The Morgan fingerprint density at radius 3 is 1.88 bits per heavy atom. The zero-order valence-corrected chi connectivity index (χ0v) is 13.3. The smallest absolute Gasteiger partial charge is 0.214 e. The van der Waals surface area contributed by atoms with Crippen LogP contribution < -0.4 is 0 Å². The number of hydrogen-bond acceptors (Lipinski definition) is 3. The van der Waals surface area contributed by atoms with Crippen molar-refractivity contribution in [3.63, 3.8) is 0 Å². The maximum absolute atomic E-state index is 10.8. The van der Waals surface area contributed by atoms with Crippen molar-refractivity contribution in [2.45, 2.75) is 31.3 Å². The van der Waals surface area contributed by atoms with E-state index < -0.39 is 5.60 Å². The first kappa shape index (κ1) is 19.0. The highest BCUT2D eigenvalue weighted by molar-refractivity contribution is 5.41. The number of benzene rings is 1. The molecule has 0 fully saturated rings. The Morgan fingerprint density at radius 1 is 0.917 bits per heavy atom. The fourth-order valence-electron chi connectivity index (χ4n) is 1.80. The largest absolute Gasteiger partial charge is 0.364 e. The lowest BCUT2D eigenvalue weighted by atomic mass is 9.94. The van der Waals surface area contributed by atoms with Crippen molar-refractivity contribution in [2.75, 3.05) is 13.1 Å². The maximum atomic E-state index is 10.8. The van der Waals surface area contributed by atoms with Gasteiger partial charge in [0.15, 0.2) is 0 Å². The molecule has 1 aromatic rings. The highest BCUT2D eigenvalue weighted by Gasteiger charge is 2.23. The summed E-state index contributed by atoms with van der Waals surface area (Å²) in [6.45, 7) is 0.750. The van der Waals surface area contributed by atoms with Gasteiger partial charge in [0.05, 0.1) is 0 Å². The van der Waals surface area contributed by atoms with Crippen molar-refractivity contribution in [3.05, 3.63) is 56.8 Å². The minimum Gasteiger partial charge on any atom is -0.364 e. The van der Waals surface area contributed by atoms with E-state index in [1.807, 2.05) is 18.2 Å². The van der Waals surface area contributed by atoms with Gasteiger partial charge in [-0.25, -0.2) is 0 Å². The summed E-state index contributed by atoms with van der Waals surface area (Å²) in [5, 5.41) is 17.7. The van der Waals surface area contributed by atoms with Gasteiger partial charge in [0.25, 0.3) is 0 Å². The Kier molecular flexibility index (Phi) is 9.07. The molecule has 1 aromatic carbocycles. The van der Waals surface area contributed by atoms with Gasteiger partial charge in [-0.15, -0.1) is 0 Å². The second kappa shape index (κ2) is 11.5. The summed E-state index contributed by atoms with van der Waals surface area (Å²) in [6.07, 6.45) is 2.27. The van der Waals surface area contributed by atoms with Crippen molar-refractivity contribution in [1.82, 2.24) is 0 Å². The van der Waals surface area contributed by atoms with Gasteiger partial charge in [-0.2, -0.15) is 0 Å². The number of rotatable bonds is 7. The molecule has 1 N–H and O–H groups in total. The lowest BCUT2D eigenvalue weighted by Gasteiger charge is -2.15. The molecule has 0 heterocycles. The maximum Gasteiger partial charge on any atom is 0.214 e. The molecule has 0 saturated carbocycles. The van der Waals surface area contributed by atoms with Crippen molar-refractivity contribution in [2.24, 2.45) is 10.2 Å². The third-order valence-electron chi connectivity index (χ3n) is 2.98. The molecule has 0 aliphatic rings. The zero-order chi connectivity index (χ0) is 17.5. The van der Waals surface area contributed by atoms with E-state index in [2.05, 4.69) is 43.7 Å². The molecule has 0 aliphatic carbocycles. The van der Waals surface area contributed by atoms with E-state index in [-0.39, 0.29) is 0 Å². The molecular formula is C17H18N6O. The molecule has 0 spiro atoms. The lowest BCUT2D eigenvalue weighted by Crippen LogP contribution is -2.21. The van der Waals surface area contributed by atoms with Crippen LogP contribution >= 0.6 is 0 Å². The summed E-state index contributed by atoms with van der Waals surface area (Å²) >= 11 is 0. The van der Waals surface area contributed by atoms with Crippen molar-refractivity contribution in [3.8, 4) is 23.7 Å². The van der Waals surface area contributed by atoms with Gasteiger partial charge < -0.3 is 5.11 Å². The Labute approximate surface area is 141 Å². The normalized spacial score (nSPS) is 11.4. The van der Waals surface area contributed by atoms with Gasteiger partial charge >= 0.3 is 0 Å². The Morgan fingerprint density at radius 2 is 1.42 bits per heavy atom. The van der Waals surface area contributed by atoms with E-state index in [0.29, 0.717) is 44.3 Å². The quantitative estimate of drug-likeness (QED) is 0.263. The standard InChI is InChI=1S/C17H18N6O/c18-22-20-14-8-2-6-12-17(24,16-10-4-1-5-11-16)13-7-3-9-15-21-23-19/h1,4-5,10-11,24H,2-3,8-9,14-15H2. The minimum atomic E-state index is -1.54. The van der Waals surface area contributed by atoms with Crippen LogP contribution in [0.15, 0.2) is 40.6 Å². The third-order valence-corrected chi connectivity index (χ3v) is 2.98. The SMILES string of the molecule is [N-]=[N+]=NCCCC#CC(O)(C#CCCCN=[N+]=[N-])c1ccccc1. The highest BCUT2D eigenvalue weighted by atomic mass is 16.3. The predicted octanol–water partition coefficient (Wildman–Crippen LogP) is 4.06. The first-order valence-electron chi connectivity index (χ1n) is 7.52. The number of unbranched alkanes of at least 4 members (excludes halogenated alkanes) is 2. The van der Waals surface area contributed by atoms with E-state index in [0.717, 1.165) is 0 Å². The van der Waals surface area contributed by atoms with Crippen LogP contribution in [0, 0.1) is 23.7 Å². The van der Waals surface area contributed by atoms with E-state index in [1.165, 1.54) is 0 Å². The molecule has 0 bridgehead atoms. The van der Waals surface area contributed by atoms with Crippen molar-refractivity contribution >= 4 is 0 Å². The van der Waals surface area contributed by atoms with Crippen molar-refractivity contribution < 1.29 is 5.11 Å². The summed E-state index contributed by atoms with van der Waals surface area (Å²) in [7, 11) is 0. The van der Waals surface area contributed by atoms with Gasteiger partial charge in [-0.1, -0.05) is 52.4 Å². The molecule has 7 heteroatoms. The third kappa shape index (κ3) is 7.26. The Balaban J connectivity index is 2.81. The van der Waals surface area contributed by atoms with Gasteiger partial charge in [0.2, 0.25) is 5.60 Å². The average Bonchev–Trinajstić information content (AvgIpc) is 2.62. The lowest BCUT2D eigenvalue weighted by molar-refractivity contribution is 0.164. The minimum absolute atomic E-state index is 0.375. The topological polar surface area (TPSA) is 118 Å². The molecule has 122 valence electrons. The summed E-state index contributed by atoms with van der Waals surface area (Å²) in [6, 6.07) is 9.01. The zero-order valence-electron chi connectivity index (χ0n) is 13.3. The van der Waals surface area contributed by atoms with Crippen LogP contribution in [-0.2, 0) is 5.60 Å². The molecule has 24 heavy (non-hydrogen) atoms. The first-order valence-corrected chi connectivity index (χ1v) is 7.52. The molecule has 0 aliphatic heterocycles. The van der Waals surface area contributed by atoms with E-state index in [4.69, 9.17) is 11.1 Å². The monoisotopic (exact) mass is 322 g/mol. The van der Waals surface area contributed by atoms with Crippen LogP contribution in [0.25, 0.3) is 20.9 Å². The summed E-state index contributed by atoms with van der Waals surface area (Å²) < 4.78 is 0. The van der Waals surface area contributed by atoms with Gasteiger partial charge in [-0.3, -0.25) is 0 Å². The van der Waals surface area contributed by atoms with Crippen LogP contribution in [-0.4, -0.2) is 18.2 Å². The predicted molar refractivity (Wildman–Crippen MR) is 92.4 cm³/mol. The Hall–Kier alpha value is -3.08. The summed E-state index contributed by atoms with van der Waals surface area (Å²) in [5.41, 5.74) is 15.5. The summed E-state index contributed by atoms with van der Waals surface area (Å²) in [4.78, 5) is 5.35.